The van der Waals surface area contributed by atoms with Crippen LogP contribution in [0.4, 0.5) is 0 Å². The second kappa shape index (κ2) is 8.00. The van der Waals surface area contributed by atoms with Crippen LogP contribution in [0.25, 0.3) is 11.3 Å². The first-order valence-corrected chi connectivity index (χ1v) is 11.4. The van der Waals surface area contributed by atoms with Gasteiger partial charge in [0, 0.05) is 23.3 Å². The largest absolute Gasteiger partial charge is 0.510 e. The summed E-state index contributed by atoms with van der Waals surface area (Å²) in [6.45, 7) is 0. The van der Waals surface area contributed by atoms with Gasteiger partial charge in [-0.3, -0.25) is 24.3 Å². The van der Waals surface area contributed by atoms with E-state index in [4.69, 9.17) is 5.73 Å². The number of carbonyl (C=O) groups excluding carboxylic acids is 3. The van der Waals surface area contributed by atoms with Crippen molar-refractivity contribution < 1.29 is 34.8 Å². The van der Waals surface area contributed by atoms with E-state index in [0.29, 0.717) is 11.1 Å². The number of nitrogens with two attached hydrogens (primary N) is 1. The third kappa shape index (κ3) is 3.04. The number of nitrogens with zero attached hydrogens (tertiary/aromatic N) is 2. The van der Waals surface area contributed by atoms with Crippen molar-refractivity contribution in [3.05, 3.63) is 70.3 Å². The van der Waals surface area contributed by atoms with Crippen LogP contribution in [0.5, 0.6) is 5.75 Å². The van der Waals surface area contributed by atoms with Crippen molar-refractivity contribution in [2.75, 3.05) is 14.1 Å². The first-order valence-electron chi connectivity index (χ1n) is 11.4. The summed E-state index contributed by atoms with van der Waals surface area (Å²) >= 11 is 0. The zero-order chi connectivity index (χ0) is 26.1. The highest BCUT2D eigenvalue weighted by Crippen LogP contribution is 2.52. The third-order valence-corrected chi connectivity index (χ3v) is 7.51. The van der Waals surface area contributed by atoms with Crippen molar-refractivity contribution in [3.8, 4) is 17.0 Å². The lowest BCUT2D eigenvalue weighted by Crippen LogP contribution is -2.63. The number of benzene rings is 1. The maximum absolute atomic E-state index is 13.7. The molecule has 5 rings (SSSR count). The van der Waals surface area contributed by atoms with Crippen LogP contribution in [0, 0.1) is 11.8 Å². The van der Waals surface area contributed by atoms with Crippen molar-refractivity contribution in [3.63, 3.8) is 0 Å². The zero-order valence-corrected chi connectivity index (χ0v) is 19.6. The molecule has 2 aromatic rings. The Morgan fingerprint density at radius 3 is 2.42 bits per heavy atom. The van der Waals surface area contributed by atoms with E-state index >= 15 is 0 Å². The topological polar surface area (TPSA) is 174 Å². The van der Waals surface area contributed by atoms with Crippen molar-refractivity contribution in [2.24, 2.45) is 17.6 Å². The molecule has 0 spiro atoms. The Morgan fingerprint density at radius 2 is 1.81 bits per heavy atom. The molecule has 3 aliphatic rings. The minimum Gasteiger partial charge on any atom is -0.510 e. The average molecular weight is 492 g/mol. The van der Waals surface area contributed by atoms with Gasteiger partial charge in [-0.05, 0) is 38.4 Å². The van der Waals surface area contributed by atoms with Gasteiger partial charge >= 0.3 is 0 Å². The molecule has 10 heteroatoms. The Morgan fingerprint density at radius 1 is 1.14 bits per heavy atom. The number of likely N-dealkylation sites (N-methyl/N-ethyl adjacent to an activating group) is 1. The predicted octanol–water partition coefficient (Wildman–Crippen LogP) is 1.18. The van der Waals surface area contributed by atoms with Gasteiger partial charge in [0.25, 0.3) is 5.91 Å². The van der Waals surface area contributed by atoms with Gasteiger partial charge in [-0.15, -0.1) is 0 Å². The Hall–Kier alpha value is -4.02. The molecule has 0 fully saturated rings. The first kappa shape index (κ1) is 23.7. The molecule has 0 saturated heterocycles. The van der Waals surface area contributed by atoms with Gasteiger partial charge in [0.15, 0.2) is 17.1 Å². The Bertz CT molecular complexity index is 1400. The summed E-state index contributed by atoms with van der Waals surface area (Å²) in [5.41, 5.74) is 2.81. The number of aliphatic hydroxyl groups is 3. The number of aliphatic hydroxyl groups excluding tert-OH is 2. The molecule has 1 heterocycles. The number of hydrogen-bond donors (Lipinski definition) is 5. The molecule has 0 radical (unpaired) electrons. The fourth-order valence-electron chi connectivity index (χ4n) is 5.92. The van der Waals surface area contributed by atoms with E-state index in [9.17, 15) is 34.8 Å². The van der Waals surface area contributed by atoms with Gasteiger partial charge in [0.2, 0.25) is 5.78 Å². The summed E-state index contributed by atoms with van der Waals surface area (Å²) in [4.78, 5) is 44.9. The van der Waals surface area contributed by atoms with E-state index in [-0.39, 0.29) is 35.4 Å². The average Bonchev–Trinajstić information content (AvgIpc) is 2.81. The number of carbonyl (C=O) groups is 3. The van der Waals surface area contributed by atoms with Gasteiger partial charge in [-0.2, -0.15) is 0 Å². The number of aromatic nitrogens is 1. The Balaban J connectivity index is 1.70. The summed E-state index contributed by atoms with van der Waals surface area (Å²) in [5.74, 6) is -6.80. The number of aromatic hydroxyl groups is 1. The number of Topliss-reactive ketones (excluding diaryl/α,β-unsaturated/α-hetero) is 2. The van der Waals surface area contributed by atoms with Crippen LogP contribution < -0.4 is 5.73 Å². The van der Waals surface area contributed by atoms with Crippen LogP contribution in [-0.4, -0.2) is 73.5 Å². The number of fused-ring (bicyclic) bond motifs is 3. The van der Waals surface area contributed by atoms with Crippen LogP contribution in [-0.2, 0) is 16.0 Å². The molecule has 0 saturated carbocycles. The maximum atomic E-state index is 13.7. The maximum Gasteiger partial charge on any atom is 0.255 e. The van der Waals surface area contributed by atoms with Gasteiger partial charge in [0.05, 0.1) is 11.6 Å². The molecule has 0 bridgehead atoms. The van der Waals surface area contributed by atoms with Crippen molar-refractivity contribution in [1.29, 1.82) is 0 Å². The number of ketones is 2. The predicted molar refractivity (Wildman–Crippen MR) is 127 cm³/mol. The standard InChI is InChI=1S/C26H25N3O7/c1-29(2)19-14-9-12-8-13-10-28-18(11-6-4-3-5-7-11)21(31)15(13)20(30)16(12)23(33)26(14,36)24(34)17(22(19)32)25(27)35/h3-7,10,12,14,19,31-33,36H,8-9H2,1-2H3,(H2,27,35)/t12-,14-,19-,26-/m0/s1. The molecule has 1 aromatic heterocycles. The fraction of sp³-hybridized carbons (Fsp3) is 0.308. The number of amides is 1. The molecule has 1 amide bonds. The van der Waals surface area contributed by atoms with E-state index in [0.717, 1.165) is 0 Å². The summed E-state index contributed by atoms with van der Waals surface area (Å²) in [6.07, 6.45) is 1.74. The second-order valence-electron chi connectivity index (χ2n) is 9.68. The zero-order valence-electron chi connectivity index (χ0n) is 19.6. The highest BCUT2D eigenvalue weighted by Gasteiger charge is 2.63. The van der Waals surface area contributed by atoms with Crippen molar-refractivity contribution in [2.45, 2.75) is 24.5 Å². The van der Waals surface area contributed by atoms with Crippen molar-refractivity contribution in [1.82, 2.24) is 9.88 Å². The monoisotopic (exact) mass is 491 g/mol. The molecular formula is C26H25N3O7. The summed E-state index contributed by atoms with van der Waals surface area (Å²) in [5, 5.41) is 44.7. The number of allylic oxidation sites excluding steroid dienone is 1. The summed E-state index contributed by atoms with van der Waals surface area (Å²) < 4.78 is 0. The van der Waals surface area contributed by atoms with Gasteiger partial charge < -0.3 is 26.2 Å². The molecule has 10 nitrogen and oxygen atoms in total. The number of hydrogen-bond acceptors (Lipinski definition) is 9. The summed E-state index contributed by atoms with van der Waals surface area (Å²) in [7, 11) is 3.17. The lowest BCUT2D eigenvalue weighted by molar-refractivity contribution is -0.148. The summed E-state index contributed by atoms with van der Waals surface area (Å²) in [6, 6.07) is 7.73. The highest BCUT2D eigenvalue weighted by molar-refractivity contribution is 6.24. The Labute approximate surface area is 206 Å². The van der Waals surface area contributed by atoms with E-state index in [2.05, 4.69) is 4.98 Å². The van der Waals surface area contributed by atoms with E-state index < -0.39 is 58.0 Å². The molecule has 36 heavy (non-hydrogen) atoms. The lowest BCUT2D eigenvalue weighted by Gasteiger charge is -2.50. The van der Waals surface area contributed by atoms with E-state index in [1.165, 1.54) is 11.1 Å². The van der Waals surface area contributed by atoms with Gasteiger partial charge in [0.1, 0.15) is 22.8 Å². The second-order valence-corrected chi connectivity index (χ2v) is 9.68. The molecule has 0 unspecified atom stereocenters. The van der Waals surface area contributed by atoms with E-state index in [1.54, 1.807) is 44.4 Å². The van der Waals surface area contributed by atoms with Crippen LogP contribution in [0.1, 0.15) is 22.3 Å². The number of primary amides is 1. The minimum atomic E-state index is -2.66. The number of pyridine rings is 1. The highest BCUT2D eigenvalue weighted by atomic mass is 16.3. The minimum absolute atomic E-state index is 0.0347. The Kier molecular flexibility index (Phi) is 5.27. The lowest BCUT2D eigenvalue weighted by atomic mass is 9.58. The molecule has 3 aliphatic carbocycles. The van der Waals surface area contributed by atoms with Gasteiger partial charge in [-0.1, -0.05) is 30.3 Å². The van der Waals surface area contributed by atoms with Crippen LogP contribution in [0.2, 0.25) is 0 Å². The molecule has 0 aliphatic heterocycles. The van der Waals surface area contributed by atoms with Gasteiger partial charge in [-0.25, -0.2) is 0 Å². The molecule has 6 N–H and O–H groups in total. The van der Waals surface area contributed by atoms with Crippen LogP contribution in [0.15, 0.2) is 59.2 Å². The SMILES string of the molecule is CN(C)[C@@H]1C(O)=C(C(N)=O)C(=O)[C@@]2(O)C(O)=C3C(=O)c4c(cnc(-c5ccccc5)c4O)C[C@H]3C[C@@H]12. The molecule has 186 valence electrons. The molecular weight excluding hydrogens is 466 g/mol. The number of rotatable bonds is 3. The van der Waals surface area contributed by atoms with Crippen LogP contribution >= 0.6 is 0 Å². The smallest absolute Gasteiger partial charge is 0.255 e. The normalized spacial score (nSPS) is 27.6. The molecule has 4 atom stereocenters. The quantitative estimate of drug-likeness (QED) is 0.395. The van der Waals surface area contributed by atoms with Crippen LogP contribution in [0.3, 0.4) is 0 Å². The first-order chi connectivity index (χ1) is 17.0. The third-order valence-electron chi connectivity index (χ3n) is 7.51. The molecule has 1 aromatic carbocycles. The van der Waals surface area contributed by atoms with E-state index in [1.807, 2.05) is 0 Å². The van der Waals surface area contributed by atoms with Crippen molar-refractivity contribution >= 4 is 17.5 Å². The fourth-order valence-corrected chi connectivity index (χ4v) is 5.92.